The summed E-state index contributed by atoms with van der Waals surface area (Å²) in [5.74, 6) is -4.46. The summed E-state index contributed by atoms with van der Waals surface area (Å²) in [7, 11) is 3.28. The summed E-state index contributed by atoms with van der Waals surface area (Å²) in [4.78, 5) is 41.2. The summed E-state index contributed by atoms with van der Waals surface area (Å²) in [5, 5.41) is 11.1. The molecule has 4 rings (SSSR count). The number of nitrogens with zero attached hydrogens (tertiary/aromatic N) is 3. The zero-order chi connectivity index (χ0) is 35.1. The van der Waals surface area contributed by atoms with Gasteiger partial charge in [0.15, 0.2) is 6.29 Å². The van der Waals surface area contributed by atoms with Gasteiger partial charge in [-0.25, -0.2) is 8.78 Å². The molecule has 1 atom stereocenters. The second-order valence-corrected chi connectivity index (χ2v) is 10.9. The summed E-state index contributed by atoms with van der Waals surface area (Å²) < 4.78 is 74.4. The van der Waals surface area contributed by atoms with Crippen molar-refractivity contribution >= 4 is 40.3 Å². The Bertz CT molecular complexity index is 1680. The summed E-state index contributed by atoms with van der Waals surface area (Å²) in [6.07, 6.45) is -1.99. The van der Waals surface area contributed by atoms with Crippen LogP contribution in [0, 0.1) is 18.6 Å². The van der Waals surface area contributed by atoms with Gasteiger partial charge in [-0.15, -0.1) is 0 Å². The number of morpholine rings is 1. The molecule has 3 aromatic rings. The second kappa shape index (κ2) is 15.6. The molecule has 1 aromatic heterocycles. The quantitative estimate of drug-likeness (QED) is 0.140. The fraction of sp³-hybridized carbons (Fsp3) is 0.333. The minimum Gasteiger partial charge on any atom is -0.480 e. The fourth-order valence-corrected chi connectivity index (χ4v) is 4.71. The van der Waals surface area contributed by atoms with Gasteiger partial charge >= 0.3 is 12.1 Å². The molecule has 1 saturated heterocycles. The molecule has 1 unspecified atom stereocenters. The molecule has 0 aliphatic carbocycles. The van der Waals surface area contributed by atoms with E-state index in [0.29, 0.717) is 42.0 Å². The molecule has 47 heavy (non-hydrogen) atoms. The van der Waals surface area contributed by atoms with E-state index >= 15 is 0 Å². The Balaban J connectivity index is 0.000000257. The molecule has 1 aliphatic rings. The Labute approximate surface area is 268 Å². The Kier molecular flexibility index (Phi) is 12.2. The Morgan fingerprint density at radius 2 is 1.83 bits per heavy atom. The number of halogens is 5. The van der Waals surface area contributed by atoms with E-state index in [9.17, 15) is 36.3 Å². The number of carboxylic acid groups (broad SMARTS) is 1. The van der Waals surface area contributed by atoms with Crippen LogP contribution in [0.1, 0.15) is 35.3 Å². The van der Waals surface area contributed by atoms with Gasteiger partial charge in [0.1, 0.15) is 23.7 Å². The van der Waals surface area contributed by atoms with Gasteiger partial charge in [-0.3, -0.25) is 19.4 Å². The summed E-state index contributed by atoms with van der Waals surface area (Å²) in [5.41, 5.74) is -0.0524. The van der Waals surface area contributed by atoms with E-state index < -0.39 is 52.9 Å². The molecule has 0 radical (unpaired) electrons. The Morgan fingerprint density at radius 3 is 2.38 bits per heavy atom. The van der Waals surface area contributed by atoms with Crippen molar-refractivity contribution < 1.29 is 46.2 Å². The lowest BCUT2D eigenvalue weighted by molar-refractivity contribution is -0.135. The maximum atomic E-state index is 14.0. The van der Waals surface area contributed by atoms with Crippen LogP contribution >= 0.6 is 0 Å². The highest BCUT2D eigenvalue weighted by molar-refractivity contribution is 6.14. The third-order valence-electron chi connectivity index (χ3n) is 7.31. The van der Waals surface area contributed by atoms with Crippen molar-refractivity contribution in [2.75, 3.05) is 45.2 Å². The maximum absolute atomic E-state index is 14.0. The Hall–Kier alpha value is -4.85. The molecule has 2 aromatic carbocycles. The van der Waals surface area contributed by atoms with Gasteiger partial charge < -0.3 is 25.0 Å². The van der Waals surface area contributed by atoms with Crippen LogP contribution in [0.25, 0.3) is 16.5 Å². The lowest BCUT2D eigenvalue weighted by Gasteiger charge is -2.33. The van der Waals surface area contributed by atoms with Gasteiger partial charge in [-0.1, -0.05) is 18.2 Å². The van der Waals surface area contributed by atoms with E-state index in [0.717, 1.165) is 23.8 Å². The average Bonchev–Trinajstić information content (AvgIpc) is 3.00. The molecule has 0 saturated carbocycles. The molecule has 1 fully saturated rings. The largest absolute Gasteiger partial charge is 0.480 e. The molecule has 252 valence electrons. The molecule has 0 spiro atoms. The van der Waals surface area contributed by atoms with Crippen molar-refractivity contribution in [2.24, 2.45) is 0 Å². The standard InChI is InChI=1S/C19H19F3N2O.C14H16F2N2O4/c1-12-7-8-15(18-14(12)6-5-9-23-18)16(11-25)17(19(20,21)22)10-13(2)24(3)4;1-8-7-18(2-3-22-8)9-4-10(15)13(11(16)5-9)14(21)17-6-12(19)20/h5-11H,1-4H3;4-5,8H,2-3,6-7H2,1H3,(H,17,21)(H,19,20)/b13-10-,17-16-;. The number of alkyl halides is 3. The monoisotopic (exact) mass is 662 g/mol. The number of carbonyl (C=O) groups is 3. The highest BCUT2D eigenvalue weighted by atomic mass is 19.4. The lowest BCUT2D eigenvalue weighted by Crippen LogP contribution is -2.41. The van der Waals surface area contributed by atoms with Gasteiger partial charge in [-0.05, 0) is 50.6 Å². The first-order chi connectivity index (χ1) is 22.0. The van der Waals surface area contributed by atoms with E-state index in [4.69, 9.17) is 9.84 Å². The fourth-order valence-electron chi connectivity index (χ4n) is 4.71. The maximum Gasteiger partial charge on any atom is 0.417 e. The topological polar surface area (TPSA) is 112 Å². The average molecular weight is 663 g/mol. The van der Waals surface area contributed by atoms with E-state index in [-0.39, 0.29) is 18.0 Å². The normalized spacial score (nSPS) is 15.7. The van der Waals surface area contributed by atoms with Crippen LogP contribution in [0.3, 0.4) is 0 Å². The molecule has 9 nitrogen and oxygen atoms in total. The van der Waals surface area contributed by atoms with Gasteiger partial charge in [0.25, 0.3) is 5.91 Å². The van der Waals surface area contributed by atoms with Crippen molar-refractivity contribution in [1.82, 2.24) is 15.2 Å². The van der Waals surface area contributed by atoms with Crippen molar-refractivity contribution in [3.8, 4) is 0 Å². The summed E-state index contributed by atoms with van der Waals surface area (Å²) >= 11 is 0. The highest BCUT2D eigenvalue weighted by Gasteiger charge is 2.36. The van der Waals surface area contributed by atoms with Crippen molar-refractivity contribution in [2.45, 2.75) is 33.1 Å². The van der Waals surface area contributed by atoms with Gasteiger partial charge in [0.05, 0.1) is 23.8 Å². The number of pyridine rings is 1. The van der Waals surface area contributed by atoms with E-state index in [1.807, 2.05) is 19.2 Å². The predicted octanol–water partition coefficient (Wildman–Crippen LogP) is 5.53. The third kappa shape index (κ3) is 9.35. The molecule has 1 aliphatic heterocycles. The van der Waals surface area contributed by atoms with E-state index in [2.05, 4.69) is 4.98 Å². The van der Waals surface area contributed by atoms with Gasteiger partial charge in [-0.2, -0.15) is 13.2 Å². The van der Waals surface area contributed by atoms with Crippen molar-refractivity contribution in [3.63, 3.8) is 0 Å². The molecular formula is C33H35F5N4O5. The lowest BCUT2D eigenvalue weighted by atomic mass is 9.95. The summed E-state index contributed by atoms with van der Waals surface area (Å²) in [6, 6.07) is 8.83. The second-order valence-electron chi connectivity index (χ2n) is 10.9. The first-order valence-corrected chi connectivity index (χ1v) is 14.4. The number of ether oxygens (including phenoxy) is 1. The number of aryl methyl sites for hydroxylation is 1. The number of carbonyl (C=O) groups excluding carboxylic acids is 2. The first kappa shape index (κ1) is 36.6. The van der Waals surface area contributed by atoms with Crippen LogP contribution < -0.4 is 10.2 Å². The number of aromatic nitrogens is 1. The van der Waals surface area contributed by atoms with Crippen LogP contribution in [0.2, 0.25) is 0 Å². The van der Waals surface area contributed by atoms with Crippen molar-refractivity contribution in [1.29, 1.82) is 0 Å². The number of allylic oxidation sites excluding steroid dienone is 4. The molecular weight excluding hydrogens is 627 g/mol. The number of fused-ring (bicyclic) bond motifs is 1. The number of benzene rings is 2. The minimum atomic E-state index is -4.67. The number of nitrogens with one attached hydrogen (secondary N) is 1. The number of hydrogen-bond donors (Lipinski definition) is 2. The number of rotatable bonds is 8. The minimum absolute atomic E-state index is 0.0570. The van der Waals surface area contributed by atoms with Crippen LogP contribution in [0.5, 0.6) is 0 Å². The zero-order valence-electron chi connectivity index (χ0n) is 26.4. The number of aldehydes is 1. The van der Waals surface area contributed by atoms with Gasteiger partial charge in [0.2, 0.25) is 0 Å². The number of aliphatic carboxylic acids is 1. The molecule has 0 bridgehead atoms. The smallest absolute Gasteiger partial charge is 0.417 e. The van der Waals surface area contributed by atoms with Crippen LogP contribution in [0.15, 0.2) is 59.9 Å². The van der Waals surface area contributed by atoms with E-state index in [1.54, 1.807) is 49.0 Å². The van der Waals surface area contributed by atoms with E-state index in [1.165, 1.54) is 12.3 Å². The van der Waals surface area contributed by atoms with Gasteiger partial charge in [0, 0.05) is 61.3 Å². The SMILES string of the molecule is C/C(=C/C(=C(\C=O)c1ccc(C)c2cccnc12)C(F)(F)F)N(C)C.CC1CN(c2cc(F)c(C(=O)NCC(=O)O)c(F)c2)CCO1. The Morgan fingerprint density at radius 1 is 1.17 bits per heavy atom. The number of anilines is 1. The molecule has 14 heteroatoms. The van der Waals surface area contributed by atoms with Crippen LogP contribution in [-0.4, -0.2) is 85.8 Å². The molecule has 2 N–H and O–H groups in total. The van der Waals surface area contributed by atoms with Crippen LogP contribution in [0.4, 0.5) is 27.6 Å². The number of carboxylic acids is 1. The molecule has 1 amide bonds. The predicted molar refractivity (Wildman–Crippen MR) is 167 cm³/mol. The number of amides is 1. The van der Waals surface area contributed by atoms with Crippen LogP contribution in [-0.2, 0) is 14.3 Å². The summed E-state index contributed by atoms with van der Waals surface area (Å²) in [6.45, 7) is 5.98. The number of hydrogen-bond acceptors (Lipinski definition) is 7. The molecule has 2 heterocycles. The third-order valence-corrected chi connectivity index (χ3v) is 7.31. The van der Waals surface area contributed by atoms with Crippen molar-refractivity contribution in [3.05, 3.63) is 88.3 Å². The zero-order valence-corrected chi connectivity index (χ0v) is 26.4. The first-order valence-electron chi connectivity index (χ1n) is 14.4. The highest BCUT2D eigenvalue weighted by Crippen LogP contribution is 2.36.